The van der Waals surface area contributed by atoms with Gasteiger partial charge in [0.2, 0.25) is 5.76 Å². The van der Waals surface area contributed by atoms with E-state index < -0.39 is 18.0 Å². The third-order valence-electron chi connectivity index (χ3n) is 3.06. The average Bonchev–Trinajstić information content (AvgIpc) is 2.93. The van der Waals surface area contributed by atoms with Crippen molar-refractivity contribution in [3.63, 3.8) is 0 Å². The van der Waals surface area contributed by atoms with Crippen LogP contribution < -0.4 is 5.32 Å². The highest BCUT2D eigenvalue weighted by Gasteiger charge is 2.22. The smallest absolute Gasteiger partial charge is 0.375 e. The number of benzene rings is 1. The Morgan fingerprint density at radius 2 is 2.13 bits per heavy atom. The Hall–Kier alpha value is -2.78. The Kier molecular flexibility index (Phi) is 5.04. The minimum atomic E-state index is -1.03. The van der Waals surface area contributed by atoms with E-state index >= 15 is 0 Å². The van der Waals surface area contributed by atoms with E-state index in [1.165, 1.54) is 31.4 Å². The van der Waals surface area contributed by atoms with Gasteiger partial charge in [0.05, 0.1) is 16.8 Å². The normalized spacial score (nSPS) is 11.4. The lowest BCUT2D eigenvalue weighted by Gasteiger charge is -2.13. The lowest BCUT2D eigenvalue weighted by atomic mass is 10.2. The van der Waals surface area contributed by atoms with Gasteiger partial charge >= 0.3 is 5.97 Å². The van der Waals surface area contributed by atoms with Gasteiger partial charge in [-0.15, -0.1) is 0 Å². The Labute approximate surface area is 137 Å². The minimum absolute atomic E-state index is 0.0612. The van der Waals surface area contributed by atoms with Crippen LogP contribution in [0.15, 0.2) is 34.9 Å². The number of nitrogens with zero attached hydrogens (tertiary/aromatic N) is 1. The lowest BCUT2D eigenvalue weighted by molar-refractivity contribution is -0.123. The first-order chi connectivity index (χ1) is 10.9. The van der Waals surface area contributed by atoms with E-state index in [0.29, 0.717) is 16.8 Å². The summed E-state index contributed by atoms with van der Waals surface area (Å²) in [5, 5.41) is 11.6. The number of halogens is 1. The summed E-state index contributed by atoms with van der Waals surface area (Å²) in [7, 11) is 0. The van der Waals surface area contributed by atoms with Crippen molar-refractivity contribution in [1.29, 1.82) is 5.26 Å². The summed E-state index contributed by atoms with van der Waals surface area (Å²) < 4.78 is 10.1. The van der Waals surface area contributed by atoms with Gasteiger partial charge < -0.3 is 14.5 Å². The molecule has 118 valence electrons. The molecule has 7 heteroatoms. The molecule has 0 fully saturated rings. The second-order valence-electron chi connectivity index (χ2n) is 4.78. The van der Waals surface area contributed by atoms with Crippen molar-refractivity contribution in [3.8, 4) is 6.07 Å². The summed E-state index contributed by atoms with van der Waals surface area (Å²) >= 11 is 5.89. The molecule has 0 aliphatic carbocycles. The van der Waals surface area contributed by atoms with Crippen LogP contribution in [-0.2, 0) is 9.53 Å². The van der Waals surface area contributed by atoms with E-state index in [0.717, 1.165) is 0 Å². The maximum Gasteiger partial charge on any atom is 0.375 e. The fourth-order valence-corrected chi connectivity index (χ4v) is 2.00. The molecule has 1 aromatic carbocycles. The van der Waals surface area contributed by atoms with Crippen molar-refractivity contribution in [1.82, 2.24) is 0 Å². The number of hydrogen-bond donors (Lipinski definition) is 1. The Bertz CT molecular complexity index is 792. The fraction of sp³-hybridized carbons (Fsp3) is 0.188. The number of ether oxygens (including phenoxy) is 1. The van der Waals surface area contributed by atoms with E-state index in [9.17, 15) is 9.59 Å². The summed E-state index contributed by atoms with van der Waals surface area (Å²) in [5.74, 6) is -1.18. The van der Waals surface area contributed by atoms with Gasteiger partial charge in [0, 0.05) is 11.3 Å². The first kappa shape index (κ1) is 16.6. The second-order valence-corrected chi connectivity index (χ2v) is 5.18. The number of hydrogen-bond acceptors (Lipinski definition) is 5. The molecule has 1 heterocycles. The Morgan fingerprint density at radius 3 is 2.70 bits per heavy atom. The van der Waals surface area contributed by atoms with Gasteiger partial charge in [-0.1, -0.05) is 11.6 Å². The van der Waals surface area contributed by atoms with Crippen molar-refractivity contribution in [2.45, 2.75) is 20.0 Å². The number of esters is 1. The molecule has 23 heavy (non-hydrogen) atoms. The predicted molar refractivity (Wildman–Crippen MR) is 83.1 cm³/mol. The zero-order chi connectivity index (χ0) is 17.0. The van der Waals surface area contributed by atoms with E-state index in [1.807, 2.05) is 6.07 Å². The van der Waals surface area contributed by atoms with Crippen LogP contribution in [-0.4, -0.2) is 18.0 Å². The highest BCUT2D eigenvalue weighted by Crippen LogP contribution is 2.20. The Balaban J connectivity index is 2.00. The quantitative estimate of drug-likeness (QED) is 0.867. The molecule has 0 aliphatic heterocycles. The van der Waals surface area contributed by atoms with Crippen LogP contribution in [0.4, 0.5) is 5.69 Å². The second kappa shape index (κ2) is 6.99. The summed E-state index contributed by atoms with van der Waals surface area (Å²) in [4.78, 5) is 23.9. The molecular formula is C16H13ClN2O4. The van der Waals surface area contributed by atoms with Gasteiger partial charge in [0.25, 0.3) is 5.91 Å². The molecule has 0 aliphatic rings. The maximum absolute atomic E-state index is 12.0. The van der Waals surface area contributed by atoms with Crippen LogP contribution in [0.3, 0.4) is 0 Å². The fourth-order valence-electron chi connectivity index (χ4n) is 1.78. The number of carbonyl (C=O) groups is 2. The molecule has 0 radical (unpaired) electrons. The number of carbonyl (C=O) groups excluding carboxylic acids is 2. The highest BCUT2D eigenvalue weighted by atomic mass is 35.5. The van der Waals surface area contributed by atoms with Crippen molar-refractivity contribution >= 4 is 29.2 Å². The largest absolute Gasteiger partial charge is 0.457 e. The number of furan rings is 1. The van der Waals surface area contributed by atoms with Gasteiger partial charge in [-0.05, 0) is 38.1 Å². The number of rotatable bonds is 4. The molecular weight excluding hydrogens is 320 g/mol. The van der Waals surface area contributed by atoms with Gasteiger partial charge in [-0.25, -0.2) is 4.79 Å². The molecule has 1 N–H and O–H groups in total. The number of amides is 1. The molecule has 6 nitrogen and oxygen atoms in total. The number of aryl methyl sites for hydroxylation is 1. The predicted octanol–water partition coefficient (Wildman–Crippen LogP) is 3.30. The maximum atomic E-state index is 12.0. The van der Waals surface area contributed by atoms with Gasteiger partial charge in [-0.3, -0.25) is 4.79 Å². The average molecular weight is 333 g/mol. The summed E-state index contributed by atoms with van der Waals surface area (Å²) in [5.41, 5.74) is 1.33. The molecule has 2 rings (SSSR count). The summed E-state index contributed by atoms with van der Waals surface area (Å²) in [6.07, 6.45) is 0.344. The summed E-state index contributed by atoms with van der Waals surface area (Å²) in [6, 6.07) is 8.02. The van der Waals surface area contributed by atoms with Crippen molar-refractivity contribution in [2.24, 2.45) is 0 Å². The molecule has 1 amide bonds. The molecule has 1 unspecified atom stereocenters. The number of nitriles is 1. The minimum Gasteiger partial charge on any atom is -0.457 e. The van der Waals surface area contributed by atoms with Crippen LogP contribution in [0.25, 0.3) is 0 Å². The molecule has 1 atom stereocenters. The van der Waals surface area contributed by atoms with Crippen LogP contribution >= 0.6 is 11.6 Å². The van der Waals surface area contributed by atoms with Crippen LogP contribution in [0, 0.1) is 18.3 Å². The van der Waals surface area contributed by atoms with Crippen LogP contribution in [0.1, 0.15) is 28.6 Å². The third-order valence-corrected chi connectivity index (χ3v) is 3.37. The zero-order valence-electron chi connectivity index (χ0n) is 12.4. The first-order valence-electron chi connectivity index (χ1n) is 6.68. The van der Waals surface area contributed by atoms with E-state index in [-0.39, 0.29) is 10.8 Å². The van der Waals surface area contributed by atoms with E-state index in [4.69, 9.17) is 26.0 Å². The molecule has 2 aromatic rings. The zero-order valence-corrected chi connectivity index (χ0v) is 13.2. The van der Waals surface area contributed by atoms with Crippen molar-refractivity contribution in [3.05, 3.63) is 52.4 Å². The van der Waals surface area contributed by atoms with Crippen molar-refractivity contribution in [2.75, 3.05) is 5.32 Å². The van der Waals surface area contributed by atoms with Gasteiger partial charge in [-0.2, -0.15) is 5.26 Å². The van der Waals surface area contributed by atoms with Crippen molar-refractivity contribution < 1.29 is 18.7 Å². The van der Waals surface area contributed by atoms with E-state index in [2.05, 4.69) is 5.32 Å². The van der Waals surface area contributed by atoms with Gasteiger partial charge in [0.15, 0.2) is 6.10 Å². The SMILES string of the molecule is Cc1ccoc1C(=O)OC(C)C(=O)Nc1ccc(C#N)c(Cl)c1. The molecule has 0 bridgehead atoms. The topological polar surface area (TPSA) is 92.3 Å². The monoisotopic (exact) mass is 332 g/mol. The Morgan fingerprint density at radius 1 is 1.39 bits per heavy atom. The van der Waals surface area contributed by atoms with Gasteiger partial charge in [0.1, 0.15) is 6.07 Å². The molecule has 1 aromatic heterocycles. The molecule has 0 spiro atoms. The number of anilines is 1. The molecule has 0 saturated carbocycles. The van der Waals surface area contributed by atoms with Crippen LogP contribution in [0.5, 0.6) is 0 Å². The third kappa shape index (κ3) is 3.90. The van der Waals surface area contributed by atoms with Crippen LogP contribution in [0.2, 0.25) is 5.02 Å². The number of nitrogens with one attached hydrogen (secondary N) is 1. The molecule has 0 saturated heterocycles. The lowest BCUT2D eigenvalue weighted by Crippen LogP contribution is -2.30. The van der Waals surface area contributed by atoms with E-state index in [1.54, 1.807) is 13.0 Å². The highest BCUT2D eigenvalue weighted by molar-refractivity contribution is 6.32. The standard InChI is InChI=1S/C16H13ClN2O4/c1-9-5-6-22-14(9)16(21)23-10(2)15(20)19-12-4-3-11(8-18)13(17)7-12/h3-7,10H,1-2H3,(H,19,20). The summed E-state index contributed by atoms with van der Waals surface area (Å²) in [6.45, 7) is 3.14. The first-order valence-corrected chi connectivity index (χ1v) is 7.05.